The normalized spacial score (nSPS) is 24.1. The van der Waals surface area contributed by atoms with Crippen molar-refractivity contribution >= 4 is 17.7 Å². The summed E-state index contributed by atoms with van der Waals surface area (Å²) in [6.07, 6.45) is 3.84. The molecule has 3 rings (SSSR count). The third kappa shape index (κ3) is 3.91. The van der Waals surface area contributed by atoms with E-state index in [1.54, 1.807) is 0 Å². The van der Waals surface area contributed by atoms with Crippen LogP contribution in [-0.2, 0) is 14.4 Å². The second-order valence-electron chi connectivity index (χ2n) is 7.19. The summed E-state index contributed by atoms with van der Waals surface area (Å²) in [6.45, 7) is 2.82. The van der Waals surface area contributed by atoms with Crippen molar-refractivity contribution < 1.29 is 14.4 Å². The number of carbonyl (C=O) groups is 3. The van der Waals surface area contributed by atoms with Crippen LogP contribution in [0.5, 0.6) is 0 Å². The lowest BCUT2D eigenvalue weighted by Gasteiger charge is -2.19. The molecule has 1 aliphatic heterocycles. The van der Waals surface area contributed by atoms with Gasteiger partial charge < -0.3 is 5.32 Å². The summed E-state index contributed by atoms with van der Waals surface area (Å²) < 4.78 is 0. The highest BCUT2D eigenvalue weighted by atomic mass is 16.2. The molecule has 5 nitrogen and oxygen atoms in total. The fourth-order valence-electron chi connectivity index (χ4n) is 3.92. The number of carbonyl (C=O) groups excluding carboxylic acids is 3. The average molecular weight is 342 g/mol. The van der Waals surface area contributed by atoms with Gasteiger partial charge in [0.1, 0.15) is 0 Å². The lowest BCUT2D eigenvalue weighted by Crippen LogP contribution is -2.36. The molecule has 0 bridgehead atoms. The van der Waals surface area contributed by atoms with Gasteiger partial charge in [0.15, 0.2) is 0 Å². The molecule has 1 saturated carbocycles. The van der Waals surface area contributed by atoms with E-state index in [0.717, 1.165) is 25.7 Å². The SMILES string of the molecule is C[C@@H](CNC(=O)CCN1C(=O)[C@H]2CCCC[C@@H]2C1=O)c1ccccc1. The van der Waals surface area contributed by atoms with Crippen molar-refractivity contribution in [3.05, 3.63) is 35.9 Å². The van der Waals surface area contributed by atoms with Crippen LogP contribution in [0.4, 0.5) is 0 Å². The number of nitrogens with one attached hydrogen (secondary N) is 1. The summed E-state index contributed by atoms with van der Waals surface area (Å²) in [5, 5.41) is 2.91. The van der Waals surface area contributed by atoms with Gasteiger partial charge in [0.05, 0.1) is 11.8 Å². The van der Waals surface area contributed by atoms with Crippen LogP contribution in [0.2, 0.25) is 0 Å². The number of imide groups is 1. The fraction of sp³-hybridized carbons (Fsp3) is 0.550. The summed E-state index contributed by atoms with van der Waals surface area (Å²) in [7, 11) is 0. The first-order chi connectivity index (χ1) is 12.1. The largest absolute Gasteiger partial charge is 0.355 e. The molecule has 2 fully saturated rings. The van der Waals surface area contributed by atoms with Crippen molar-refractivity contribution in [2.75, 3.05) is 13.1 Å². The minimum Gasteiger partial charge on any atom is -0.355 e. The minimum atomic E-state index is -0.137. The number of amides is 3. The maximum Gasteiger partial charge on any atom is 0.233 e. The molecule has 1 saturated heterocycles. The van der Waals surface area contributed by atoms with E-state index >= 15 is 0 Å². The third-order valence-corrected chi connectivity index (χ3v) is 5.47. The molecular weight excluding hydrogens is 316 g/mol. The molecule has 25 heavy (non-hydrogen) atoms. The Labute approximate surface area is 148 Å². The molecule has 0 aromatic heterocycles. The lowest BCUT2D eigenvalue weighted by molar-refractivity contribution is -0.140. The van der Waals surface area contributed by atoms with E-state index in [0.29, 0.717) is 6.54 Å². The Morgan fingerprint density at radius 2 is 1.72 bits per heavy atom. The monoisotopic (exact) mass is 342 g/mol. The van der Waals surface area contributed by atoms with E-state index in [9.17, 15) is 14.4 Å². The van der Waals surface area contributed by atoms with Gasteiger partial charge in [0.2, 0.25) is 17.7 Å². The quantitative estimate of drug-likeness (QED) is 0.808. The topological polar surface area (TPSA) is 66.5 Å². The van der Waals surface area contributed by atoms with Gasteiger partial charge in [-0.1, -0.05) is 50.1 Å². The molecule has 0 unspecified atom stereocenters. The molecule has 0 radical (unpaired) electrons. The van der Waals surface area contributed by atoms with E-state index < -0.39 is 0 Å². The summed E-state index contributed by atoms with van der Waals surface area (Å²) in [6, 6.07) is 10.0. The smallest absolute Gasteiger partial charge is 0.233 e. The number of fused-ring (bicyclic) bond motifs is 1. The van der Waals surface area contributed by atoms with Crippen LogP contribution in [0, 0.1) is 11.8 Å². The average Bonchev–Trinajstić information content (AvgIpc) is 2.89. The van der Waals surface area contributed by atoms with Crippen molar-refractivity contribution in [2.24, 2.45) is 11.8 Å². The van der Waals surface area contributed by atoms with Crippen LogP contribution in [0.25, 0.3) is 0 Å². The summed E-state index contributed by atoms with van der Waals surface area (Å²) >= 11 is 0. The van der Waals surface area contributed by atoms with E-state index in [2.05, 4.69) is 12.2 Å². The molecule has 1 aromatic carbocycles. The van der Waals surface area contributed by atoms with E-state index in [-0.39, 0.29) is 48.4 Å². The highest BCUT2D eigenvalue weighted by Gasteiger charge is 2.47. The Kier molecular flexibility index (Phi) is 5.51. The summed E-state index contributed by atoms with van der Waals surface area (Å²) in [5.41, 5.74) is 1.18. The summed E-state index contributed by atoms with van der Waals surface area (Å²) in [5.74, 6) is -0.300. The number of hydrogen-bond donors (Lipinski definition) is 1. The molecule has 1 heterocycles. The van der Waals surface area contributed by atoms with Gasteiger partial charge >= 0.3 is 0 Å². The van der Waals surface area contributed by atoms with E-state index in [4.69, 9.17) is 0 Å². The van der Waals surface area contributed by atoms with Crippen LogP contribution in [-0.4, -0.2) is 35.7 Å². The van der Waals surface area contributed by atoms with E-state index in [1.807, 2.05) is 30.3 Å². The van der Waals surface area contributed by atoms with Gasteiger partial charge in [-0.15, -0.1) is 0 Å². The zero-order valence-electron chi connectivity index (χ0n) is 14.7. The Hall–Kier alpha value is -2.17. The standard InChI is InChI=1S/C20H26N2O3/c1-14(15-7-3-2-4-8-15)13-21-18(23)11-12-22-19(24)16-9-5-6-10-17(16)20(22)25/h2-4,7-8,14,16-17H,5-6,9-13H2,1H3,(H,21,23)/t14-,16-,17-/m0/s1. The maximum absolute atomic E-state index is 12.4. The first kappa shape index (κ1) is 17.6. The van der Waals surface area contributed by atoms with Gasteiger partial charge in [-0.25, -0.2) is 0 Å². The molecule has 2 aliphatic rings. The minimum absolute atomic E-state index is 0.0693. The third-order valence-electron chi connectivity index (χ3n) is 5.47. The van der Waals surface area contributed by atoms with Gasteiger partial charge in [0.25, 0.3) is 0 Å². The molecule has 3 amide bonds. The molecule has 1 aromatic rings. The molecule has 1 aliphatic carbocycles. The lowest BCUT2D eigenvalue weighted by atomic mass is 9.81. The van der Waals surface area contributed by atoms with Gasteiger partial charge in [-0.2, -0.15) is 0 Å². The molecule has 1 N–H and O–H groups in total. The van der Waals surface area contributed by atoms with Gasteiger partial charge in [-0.05, 0) is 24.3 Å². The van der Waals surface area contributed by atoms with Crippen LogP contribution >= 0.6 is 0 Å². The molecule has 0 spiro atoms. The Morgan fingerprint density at radius 3 is 2.32 bits per heavy atom. The van der Waals surface area contributed by atoms with Crippen molar-refractivity contribution in [3.8, 4) is 0 Å². The van der Waals surface area contributed by atoms with Crippen molar-refractivity contribution in [2.45, 2.75) is 44.9 Å². The zero-order valence-corrected chi connectivity index (χ0v) is 14.7. The van der Waals surface area contributed by atoms with Gasteiger partial charge in [0, 0.05) is 19.5 Å². The highest BCUT2D eigenvalue weighted by Crippen LogP contribution is 2.37. The molecule has 134 valence electrons. The number of rotatable bonds is 6. The Bertz CT molecular complexity index is 620. The molecule has 3 atom stereocenters. The van der Waals surface area contributed by atoms with Crippen molar-refractivity contribution in [3.63, 3.8) is 0 Å². The predicted molar refractivity (Wildman–Crippen MR) is 94.7 cm³/mol. The maximum atomic E-state index is 12.4. The van der Waals surface area contributed by atoms with Crippen LogP contribution in [0.3, 0.4) is 0 Å². The Balaban J connectivity index is 1.46. The number of likely N-dealkylation sites (tertiary alicyclic amines) is 1. The first-order valence-electron chi connectivity index (χ1n) is 9.25. The molecular formula is C20H26N2O3. The number of benzene rings is 1. The van der Waals surface area contributed by atoms with Crippen LogP contribution in [0.15, 0.2) is 30.3 Å². The Morgan fingerprint density at radius 1 is 1.12 bits per heavy atom. The predicted octanol–water partition coefficient (Wildman–Crippen LogP) is 2.47. The van der Waals surface area contributed by atoms with Crippen molar-refractivity contribution in [1.82, 2.24) is 10.2 Å². The zero-order chi connectivity index (χ0) is 17.8. The summed E-state index contributed by atoms with van der Waals surface area (Å²) in [4.78, 5) is 38.2. The number of nitrogens with zero attached hydrogens (tertiary/aromatic N) is 1. The highest BCUT2D eigenvalue weighted by molar-refractivity contribution is 6.05. The second kappa shape index (κ2) is 7.81. The molecule has 5 heteroatoms. The first-order valence-corrected chi connectivity index (χ1v) is 9.25. The van der Waals surface area contributed by atoms with Crippen LogP contribution < -0.4 is 5.32 Å². The number of hydrogen-bond acceptors (Lipinski definition) is 3. The van der Waals surface area contributed by atoms with E-state index in [1.165, 1.54) is 10.5 Å². The fourth-order valence-corrected chi connectivity index (χ4v) is 3.92. The van der Waals surface area contributed by atoms with Crippen LogP contribution in [0.1, 0.15) is 50.5 Å². The van der Waals surface area contributed by atoms with Gasteiger partial charge in [-0.3, -0.25) is 19.3 Å². The second-order valence-corrected chi connectivity index (χ2v) is 7.19. The van der Waals surface area contributed by atoms with Crippen molar-refractivity contribution in [1.29, 1.82) is 0 Å².